The Morgan fingerprint density at radius 3 is 2.95 bits per heavy atom. The maximum absolute atomic E-state index is 12.5. The molecule has 20 heavy (non-hydrogen) atoms. The quantitative estimate of drug-likeness (QED) is 0.487. The van der Waals surface area contributed by atoms with Crippen molar-refractivity contribution >= 4 is 23.2 Å². The number of nitrogens with zero attached hydrogens (tertiary/aromatic N) is 3. The number of hydrogen-bond acceptors (Lipinski definition) is 3. The van der Waals surface area contributed by atoms with Crippen LogP contribution in [0.3, 0.4) is 0 Å². The van der Waals surface area contributed by atoms with Crippen LogP contribution in [0.5, 0.6) is 0 Å². The number of carbonyl (C=O) groups excluding carboxylic acids is 1. The molecule has 2 rings (SSSR count). The minimum absolute atomic E-state index is 0.0508. The Balaban J connectivity index is 2.12. The zero-order chi connectivity index (χ0) is 14.7. The summed E-state index contributed by atoms with van der Waals surface area (Å²) in [6, 6.07) is 1.34. The summed E-state index contributed by atoms with van der Waals surface area (Å²) in [5.74, 6) is 0.891. The number of nitro groups is 1. The molecule has 110 valence electrons. The molecule has 1 fully saturated rings. The number of carbonyl (C=O) groups is 1. The number of amides is 1. The van der Waals surface area contributed by atoms with E-state index in [9.17, 15) is 14.9 Å². The molecule has 1 unspecified atom stereocenters. The monoisotopic (exact) mass is 299 g/mol. The van der Waals surface area contributed by atoms with Crippen LogP contribution in [0.15, 0.2) is 12.3 Å². The topological polar surface area (TPSA) is 68.4 Å². The first-order valence-corrected chi connectivity index (χ1v) is 7.22. The van der Waals surface area contributed by atoms with E-state index in [2.05, 4.69) is 0 Å². The van der Waals surface area contributed by atoms with Crippen LogP contribution in [0.4, 0.5) is 5.69 Å². The average molecular weight is 300 g/mol. The summed E-state index contributed by atoms with van der Waals surface area (Å²) < 4.78 is 1.52. The van der Waals surface area contributed by atoms with Gasteiger partial charge in [0.1, 0.15) is 5.69 Å². The minimum atomic E-state index is -0.483. The summed E-state index contributed by atoms with van der Waals surface area (Å²) >= 11 is 5.76. The van der Waals surface area contributed by atoms with Crippen molar-refractivity contribution in [1.82, 2.24) is 9.47 Å². The summed E-state index contributed by atoms with van der Waals surface area (Å²) in [5, 5.41) is 10.8. The maximum atomic E-state index is 12.5. The fourth-order valence-electron chi connectivity index (χ4n) is 2.66. The van der Waals surface area contributed by atoms with Crippen molar-refractivity contribution in [1.29, 1.82) is 0 Å². The zero-order valence-corrected chi connectivity index (χ0v) is 12.2. The lowest BCUT2D eigenvalue weighted by Gasteiger charge is -2.32. The van der Waals surface area contributed by atoms with Gasteiger partial charge in [-0.05, 0) is 25.2 Å². The lowest BCUT2D eigenvalue weighted by Crippen LogP contribution is -2.40. The van der Waals surface area contributed by atoms with E-state index in [0.717, 1.165) is 19.3 Å². The van der Waals surface area contributed by atoms with Crippen LogP contribution in [-0.2, 0) is 7.05 Å². The second-order valence-electron chi connectivity index (χ2n) is 5.19. The van der Waals surface area contributed by atoms with E-state index < -0.39 is 4.92 Å². The molecule has 0 N–H and O–H groups in total. The Kier molecular flexibility index (Phi) is 4.65. The summed E-state index contributed by atoms with van der Waals surface area (Å²) in [4.78, 5) is 24.5. The van der Waals surface area contributed by atoms with Crippen molar-refractivity contribution in [2.24, 2.45) is 13.0 Å². The third-order valence-corrected chi connectivity index (χ3v) is 3.96. The number of piperidine rings is 1. The SMILES string of the molecule is Cn1cc([N+](=O)[O-])cc1C(=O)N1CCCC(CCCl)C1. The van der Waals surface area contributed by atoms with Gasteiger partial charge in [0, 0.05) is 32.1 Å². The van der Waals surface area contributed by atoms with Gasteiger partial charge in [0.05, 0.1) is 11.1 Å². The summed E-state index contributed by atoms with van der Waals surface area (Å²) in [6.07, 6.45) is 4.32. The summed E-state index contributed by atoms with van der Waals surface area (Å²) in [6.45, 7) is 1.39. The van der Waals surface area contributed by atoms with E-state index in [-0.39, 0.29) is 11.6 Å². The van der Waals surface area contributed by atoms with Crippen LogP contribution in [0.1, 0.15) is 29.8 Å². The van der Waals surface area contributed by atoms with Gasteiger partial charge in [0.25, 0.3) is 11.6 Å². The normalized spacial score (nSPS) is 19.1. The van der Waals surface area contributed by atoms with Crippen molar-refractivity contribution in [2.75, 3.05) is 19.0 Å². The lowest BCUT2D eigenvalue weighted by atomic mass is 9.95. The van der Waals surface area contributed by atoms with Crippen molar-refractivity contribution in [3.05, 3.63) is 28.1 Å². The molecule has 2 heterocycles. The molecule has 0 aliphatic carbocycles. The number of aryl methyl sites for hydroxylation is 1. The van der Waals surface area contributed by atoms with Gasteiger partial charge in [0.15, 0.2) is 0 Å². The van der Waals surface area contributed by atoms with Crippen molar-refractivity contribution in [3.8, 4) is 0 Å². The van der Waals surface area contributed by atoms with E-state index in [0.29, 0.717) is 30.6 Å². The zero-order valence-electron chi connectivity index (χ0n) is 11.4. The lowest BCUT2D eigenvalue weighted by molar-refractivity contribution is -0.384. The predicted octanol–water partition coefficient (Wildman–Crippen LogP) is 2.41. The van der Waals surface area contributed by atoms with Crippen molar-refractivity contribution in [2.45, 2.75) is 19.3 Å². The Morgan fingerprint density at radius 2 is 2.35 bits per heavy atom. The molecule has 1 atom stereocenters. The van der Waals surface area contributed by atoms with Crippen LogP contribution in [-0.4, -0.2) is 39.3 Å². The maximum Gasteiger partial charge on any atom is 0.287 e. The number of hydrogen-bond donors (Lipinski definition) is 0. The van der Waals surface area contributed by atoms with Gasteiger partial charge in [-0.25, -0.2) is 0 Å². The molecule has 0 radical (unpaired) electrons. The van der Waals surface area contributed by atoms with Gasteiger partial charge in [-0.15, -0.1) is 11.6 Å². The highest BCUT2D eigenvalue weighted by Crippen LogP contribution is 2.23. The third-order valence-electron chi connectivity index (χ3n) is 3.74. The molecule has 0 aromatic carbocycles. The molecule has 0 bridgehead atoms. The Bertz CT molecular complexity index is 513. The molecule has 6 nitrogen and oxygen atoms in total. The number of halogens is 1. The number of rotatable bonds is 4. The van der Waals surface area contributed by atoms with E-state index in [1.165, 1.54) is 16.8 Å². The average Bonchev–Trinajstić information content (AvgIpc) is 2.81. The first kappa shape index (κ1) is 14.8. The second kappa shape index (κ2) is 6.26. The highest BCUT2D eigenvalue weighted by Gasteiger charge is 2.27. The van der Waals surface area contributed by atoms with Gasteiger partial charge >= 0.3 is 0 Å². The fourth-order valence-corrected chi connectivity index (χ4v) is 2.97. The van der Waals surface area contributed by atoms with Gasteiger partial charge in [-0.3, -0.25) is 14.9 Å². The molecule has 1 aromatic heterocycles. The largest absolute Gasteiger partial charge is 0.340 e. The van der Waals surface area contributed by atoms with E-state index in [4.69, 9.17) is 11.6 Å². The van der Waals surface area contributed by atoms with Crippen LogP contribution in [0.25, 0.3) is 0 Å². The smallest absolute Gasteiger partial charge is 0.287 e. The van der Waals surface area contributed by atoms with E-state index in [1.807, 2.05) is 0 Å². The molecule has 0 saturated carbocycles. The molecule has 1 aliphatic heterocycles. The Hall–Kier alpha value is -1.56. The van der Waals surface area contributed by atoms with Crippen molar-refractivity contribution < 1.29 is 9.72 Å². The highest BCUT2D eigenvalue weighted by molar-refractivity contribution is 6.17. The van der Waals surface area contributed by atoms with Crippen LogP contribution >= 0.6 is 11.6 Å². The molecule has 1 amide bonds. The van der Waals surface area contributed by atoms with Crippen LogP contribution in [0.2, 0.25) is 0 Å². The Labute approximate surface area is 122 Å². The summed E-state index contributed by atoms with van der Waals surface area (Å²) in [7, 11) is 1.65. The first-order valence-electron chi connectivity index (χ1n) is 6.69. The molecule has 0 spiro atoms. The van der Waals surface area contributed by atoms with Crippen LogP contribution in [0, 0.1) is 16.0 Å². The molecular weight excluding hydrogens is 282 g/mol. The van der Waals surface area contributed by atoms with Crippen LogP contribution < -0.4 is 0 Å². The molecular formula is C13H18ClN3O3. The van der Waals surface area contributed by atoms with Gasteiger partial charge in [0.2, 0.25) is 0 Å². The standard InChI is InChI=1S/C13H18ClN3O3/c1-15-9-11(17(19)20)7-12(15)13(18)16-6-2-3-10(8-16)4-5-14/h7,9-10H,2-6,8H2,1H3. The third kappa shape index (κ3) is 3.12. The fraction of sp³-hybridized carbons (Fsp3) is 0.615. The van der Waals surface area contributed by atoms with E-state index in [1.54, 1.807) is 11.9 Å². The summed E-state index contributed by atoms with van der Waals surface area (Å²) in [5.41, 5.74) is 0.313. The van der Waals surface area contributed by atoms with Gasteiger partial charge in [-0.1, -0.05) is 0 Å². The number of likely N-dealkylation sites (tertiary alicyclic amines) is 1. The second-order valence-corrected chi connectivity index (χ2v) is 5.57. The number of alkyl halides is 1. The first-order chi connectivity index (χ1) is 9.52. The Morgan fingerprint density at radius 1 is 1.60 bits per heavy atom. The molecule has 1 aromatic rings. The minimum Gasteiger partial charge on any atom is -0.340 e. The van der Waals surface area contributed by atoms with Gasteiger partial charge < -0.3 is 9.47 Å². The number of aromatic nitrogens is 1. The van der Waals surface area contributed by atoms with Crippen molar-refractivity contribution in [3.63, 3.8) is 0 Å². The predicted molar refractivity (Wildman–Crippen MR) is 76.0 cm³/mol. The molecule has 1 saturated heterocycles. The highest BCUT2D eigenvalue weighted by atomic mass is 35.5. The molecule has 1 aliphatic rings. The van der Waals surface area contributed by atoms with Gasteiger partial charge in [-0.2, -0.15) is 0 Å². The van der Waals surface area contributed by atoms with E-state index >= 15 is 0 Å². The molecule has 7 heteroatoms.